The van der Waals surface area contributed by atoms with E-state index < -0.39 is 17.8 Å². The van der Waals surface area contributed by atoms with Gasteiger partial charge in [0.05, 0.1) is 0 Å². The number of hydrogen-bond donors (Lipinski definition) is 2. The Morgan fingerprint density at radius 2 is 1.87 bits per heavy atom. The number of halogens is 1. The molecule has 1 aliphatic rings. The maximum absolute atomic E-state index is 13.3. The monoisotopic (exact) mass is 322 g/mol. The van der Waals surface area contributed by atoms with Crippen molar-refractivity contribution < 1.29 is 14.3 Å². The lowest BCUT2D eigenvalue weighted by Gasteiger charge is -2.49. The molecule has 0 aliphatic carbocycles. The Labute approximate surface area is 137 Å². The van der Waals surface area contributed by atoms with Crippen LogP contribution in [-0.2, 0) is 4.79 Å². The van der Waals surface area contributed by atoms with Gasteiger partial charge in [0.25, 0.3) is 5.91 Å². The van der Waals surface area contributed by atoms with E-state index in [2.05, 4.69) is 33.0 Å². The third-order valence-corrected chi connectivity index (χ3v) is 4.46. The van der Waals surface area contributed by atoms with Gasteiger partial charge in [-0.1, -0.05) is 12.1 Å². The fourth-order valence-electron chi connectivity index (χ4n) is 3.73. The van der Waals surface area contributed by atoms with Gasteiger partial charge in [-0.2, -0.15) is 0 Å². The van der Waals surface area contributed by atoms with E-state index in [1.54, 1.807) is 18.0 Å². The quantitative estimate of drug-likeness (QED) is 0.899. The molecule has 1 fully saturated rings. The predicted molar refractivity (Wildman–Crippen MR) is 88.4 cm³/mol. The lowest BCUT2D eigenvalue weighted by atomic mass is 9.79. The zero-order valence-electron chi connectivity index (χ0n) is 14.6. The average Bonchev–Trinajstić information content (AvgIpc) is 2.41. The van der Waals surface area contributed by atoms with Gasteiger partial charge in [0.1, 0.15) is 5.82 Å². The summed E-state index contributed by atoms with van der Waals surface area (Å²) in [5.74, 6) is -0.852. The van der Waals surface area contributed by atoms with E-state index in [4.69, 9.17) is 0 Å². The Hall–Kier alpha value is -1.46. The van der Waals surface area contributed by atoms with Crippen molar-refractivity contribution in [3.05, 3.63) is 35.6 Å². The van der Waals surface area contributed by atoms with E-state index >= 15 is 0 Å². The summed E-state index contributed by atoms with van der Waals surface area (Å²) in [6.45, 7) is 8.45. The minimum absolute atomic E-state index is 0.0250. The van der Waals surface area contributed by atoms with Gasteiger partial charge in [0.2, 0.25) is 0 Å². The molecule has 0 unspecified atom stereocenters. The van der Waals surface area contributed by atoms with Crippen LogP contribution < -0.4 is 5.32 Å². The van der Waals surface area contributed by atoms with E-state index in [9.17, 15) is 14.3 Å². The minimum Gasteiger partial charge on any atom is -0.378 e. The Kier molecular flexibility index (Phi) is 4.83. The number of aliphatic hydroxyl groups excluding tert-OH is 1. The highest BCUT2D eigenvalue weighted by Crippen LogP contribution is 2.32. The van der Waals surface area contributed by atoms with Gasteiger partial charge in [-0.15, -0.1) is 0 Å². The van der Waals surface area contributed by atoms with Crippen LogP contribution in [0.2, 0.25) is 0 Å². The molecular formula is C18H27FN2O2. The summed E-state index contributed by atoms with van der Waals surface area (Å²) in [6.07, 6.45) is 0.264. The van der Waals surface area contributed by atoms with Gasteiger partial charge in [-0.3, -0.25) is 4.79 Å². The number of benzene rings is 1. The third-order valence-electron chi connectivity index (χ3n) is 4.46. The molecule has 1 aromatic carbocycles. The van der Waals surface area contributed by atoms with Crippen LogP contribution in [0.5, 0.6) is 0 Å². The van der Waals surface area contributed by atoms with E-state index in [0.29, 0.717) is 0 Å². The van der Waals surface area contributed by atoms with Crippen molar-refractivity contribution in [2.45, 2.75) is 63.8 Å². The van der Waals surface area contributed by atoms with Crippen molar-refractivity contribution in [1.82, 2.24) is 10.2 Å². The number of likely N-dealkylation sites (N-methyl/N-ethyl adjacent to an activating group) is 1. The molecule has 2 rings (SSSR count). The van der Waals surface area contributed by atoms with Gasteiger partial charge >= 0.3 is 0 Å². The van der Waals surface area contributed by atoms with Crippen molar-refractivity contribution in [3.8, 4) is 0 Å². The molecule has 1 aromatic rings. The topological polar surface area (TPSA) is 52.6 Å². The first-order valence-corrected chi connectivity index (χ1v) is 8.00. The first kappa shape index (κ1) is 17.9. The average molecular weight is 322 g/mol. The van der Waals surface area contributed by atoms with Crippen LogP contribution in [-0.4, -0.2) is 40.1 Å². The van der Waals surface area contributed by atoms with Crippen molar-refractivity contribution in [1.29, 1.82) is 0 Å². The van der Waals surface area contributed by atoms with E-state index in [0.717, 1.165) is 12.8 Å². The van der Waals surface area contributed by atoms with Gasteiger partial charge in [0.15, 0.2) is 6.10 Å². The largest absolute Gasteiger partial charge is 0.378 e. The summed E-state index contributed by atoms with van der Waals surface area (Å²) >= 11 is 0. The molecule has 1 heterocycles. The number of carbonyl (C=O) groups is 1. The van der Waals surface area contributed by atoms with Crippen LogP contribution in [0.15, 0.2) is 24.3 Å². The van der Waals surface area contributed by atoms with Gasteiger partial charge in [-0.25, -0.2) is 4.39 Å². The molecule has 4 nitrogen and oxygen atoms in total. The van der Waals surface area contributed by atoms with Crippen molar-refractivity contribution in [2.75, 3.05) is 7.05 Å². The van der Waals surface area contributed by atoms with Crippen LogP contribution in [0.3, 0.4) is 0 Å². The third kappa shape index (κ3) is 4.30. The molecule has 1 atom stereocenters. The minimum atomic E-state index is -1.34. The normalized spacial score (nSPS) is 21.7. The zero-order chi connectivity index (χ0) is 17.4. The number of nitrogens with zero attached hydrogens (tertiary/aromatic N) is 1. The number of nitrogens with one attached hydrogen (secondary N) is 1. The molecule has 0 bridgehead atoms. The Bertz CT molecular complexity index is 570. The number of piperidine rings is 1. The maximum Gasteiger partial charge on any atom is 0.256 e. The molecule has 0 saturated carbocycles. The molecular weight excluding hydrogens is 295 g/mol. The van der Waals surface area contributed by atoms with E-state index in [-0.39, 0.29) is 22.7 Å². The number of amides is 1. The summed E-state index contributed by atoms with van der Waals surface area (Å²) < 4.78 is 13.3. The summed E-state index contributed by atoms with van der Waals surface area (Å²) in [6, 6.07) is 5.58. The van der Waals surface area contributed by atoms with Gasteiger partial charge in [0, 0.05) is 24.2 Å². The van der Waals surface area contributed by atoms with Crippen LogP contribution in [0.4, 0.5) is 4.39 Å². The van der Waals surface area contributed by atoms with E-state index in [1.807, 2.05) is 0 Å². The Morgan fingerprint density at radius 1 is 1.30 bits per heavy atom. The summed E-state index contributed by atoms with van der Waals surface area (Å²) in [5, 5.41) is 13.9. The standard InChI is InChI=1S/C18H27FN2O2/c1-17(2)10-14(11-18(3,4)20-17)21(5)16(23)15(22)12-7-6-8-13(19)9-12/h6-9,14-15,20,22H,10-11H2,1-5H3/t15-/m1/s1. The highest BCUT2D eigenvalue weighted by Gasteiger charge is 2.41. The summed E-state index contributed by atoms with van der Waals surface area (Å²) in [7, 11) is 1.72. The van der Waals surface area contributed by atoms with Crippen molar-refractivity contribution in [2.24, 2.45) is 0 Å². The Morgan fingerprint density at radius 3 is 2.39 bits per heavy atom. The first-order valence-electron chi connectivity index (χ1n) is 8.00. The molecule has 0 aromatic heterocycles. The van der Waals surface area contributed by atoms with Crippen LogP contribution in [0.25, 0.3) is 0 Å². The summed E-state index contributed by atoms with van der Waals surface area (Å²) in [4.78, 5) is 14.2. The van der Waals surface area contributed by atoms with Gasteiger partial charge < -0.3 is 15.3 Å². The number of carbonyl (C=O) groups excluding carboxylic acids is 1. The van der Waals surface area contributed by atoms with Gasteiger partial charge in [-0.05, 0) is 58.2 Å². The Balaban J connectivity index is 2.15. The second-order valence-electron chi connectivity index (χ2n) is 7.86. The molecule has 1 aliphatic heterocycles. The second-order valence-corrected chi connectivity index (χ2v) is 7.86. The SMILES string of the molecule is CN(C(=O)[C@H](O)c1cccc(F)c1)C1CC(C)(C)NC(C)(C)C1. The molecule has 5 heteroatoms. The molecule has 23 heavy (non-hydrogen) atoms. The molecule has 1 saturated heterocycles. The van der Waals surface area contributed by atoms with Crippen molar-refractivity contribution in [3.63, 3.8) is 0 Å². The lowest BCUT2D eigenvalue weighted by molar-refractivity contribution is -0.143. The van der Waals surface area contributed by atoms with E-state index in [1.165, 1.54) is 18.2 Å². The van der Waals surface area contributed by atoms with Crippen LogP contribution in [0, 0.1) is 5.82 Å². The highest BCUT2D eigenvalue weighted by molar-refractivity contribution is 5.82. The molecule has 2 N–H and O–H groups in total. The highest BCUT2D eigenvalue weighted by atomic mass is 19.1. The lowest BCUT2D eigenvalue weighted by Crippen LogP contribution is -2.62. The fraction of sp³-hybridized carbons (Fsp3) is 0.611. The molecule has 1 amide bonds. The number of rotatable bonds is 3. The van der Waals surface area contributed by atoms with Crippen molar-refractivity contribution >= 4 is 5.91 Å². The molecule has 0 spiro atoms. The zero-order valence-corrected chi connectivity index (χ0v) is 14.6. The van der Waals surface area contributed by atoms with Crippen LogP contribution in [0.1, 0.15) is 52.2 Å². The number of hydrogen-bond acceptors (Lipinski definition) is 3. The molecule has 0 radical (unpaired) electrons. The second kappa shape index (κ2) is 6.21. The summed E-state index contributed by atoms with van der Waals surface area (Å²) in [5.41, 5.74) is 0.101. The maximum atomic E-state index is 13.3. The first-order chi connectivity index (χ1) is 10.5. The fourth-order valence-corrected chi connectivity index (χ4v) is 3.73. The molecule has 128 valence electrons. The van der Waals surface area contributed by atoms with Crippen LogP contribution >= 0.6 is 0 Å². The predicted octanol–water partition coefficient (Wildman–Crippen LogP) is 2.63. The number of aliphatic hydroxyl groups is 1. The smallest absolute Gasteiger partial charge is 0.256 e.